The number of benzene rings is 1. The normalized spacial score (nSPS) is 12.2. The number of hydrogen-bond donors (Lipinski definition) is 1. The minimum Gasteiger partial charge on any atom is -0.326 e. The summed E-state index contributed by atoms with van der Waals surface area (Å²) in [6, 6.07) is 8.02. The van der Waals surface area contributed by atoms with Gasteiger partial charge >= 0.3 is 0 Å². The van der Waals surface area contributed by atoms with Crippen LogP contribution in [0.1, 0.15) is 33.6 Å². The lowest BCUT2D eigenvalue weighted by Gasteiger charge is -2.10. The van der Waals surface area contributed by atoms with Crippen LogP contribution in [0.25, 0.3) is 0 Å². The highest BCUT2D eigenvalue weighted by Gasteiger charge is 2.03. The maximum absolute atomic E-state index is 11.3. The van der Waals surface area contributed by atoms with Crippen molar-refractivity contribution in [2.45, 2.75) is 43.8 Å². The third-order valence-corrected chi connectivity index (χ3v) is 3.61. The molecule has 0 saturated carbocycles. The Kier molecular flexibility index (Phi) is 5.39. The van der Waals surface area contributed by atoms with Gasteiger partial charge in [-0.2, -0.15) is 0 Å². The maximum atomic E-state index is 11.3. The molecule has 0 saturated heterocycles. The van der Waals surface area contributed by atoms with Gasteiger partial charge in [0.25, 0.3) is 0 Å². The summed E-state index contributed by atoms with van der Waals surface area (Å²) >= 11 is 1.84. The quantitative estimate of drug-likeness (QED) is 0.786. The minimum absolute atomic E-state index is 0.0608. The van der Waals surface area contributed by atoms with Gasteiger partial charge in [-0.05, 0) is 24.6 Å². The lowest BCUT2D eigenvalue weighted by atomic mass is 10.3. The highest BCUT2D eigenvalue weighted by Crippen LogP contribution is 2.27. The highest BCUT2D eigenvalue weighted by molar-refractivity contribution is 7.99. The molecule has 1 amide bonds. The number of anilines is 1. The zero-order chi connectivity index (χ0) is 12.0. The van der Waals surface area contributed by atoms with E-state index in [4.69, 9.17) is 0 Å². The van der Waals surface area contributed by atoms with Crippen LogP contribution in [0.5, 0.6) is 0 Å². The second kappa shape index (κ2) is 6.59. The van der Waals surface area contributed by atoms with E-state index in [9.17, 15) is 4.79 Å². The van der Waals surface area contributed by atoms with Crippen molar-refractivity contribution < 1.29 is 4.79 Å². The fourth-order valence-corrected chi connectivity index (χ4v) is 2.20. The third kappa shape index (κ3) is 4.27. The summed E-state index contributed by atoms with van der Waals surface area (Å²) < 4.78 is 0. The number of carbonyl (C=O) groups excluding carboxylic acids is 1. The van der Waals surface area contributed by atoms with Gasteiger partial charge in [0.1, 0.15) is 0 Å². The lowest BCUT2D eigenvalue weighted by Crippen LogP contribution is -2.09. The molecule has 0 aromatic heterocycles. The molecule has 1 unspecified atom stereocenters. The number of rotatable bonds is 5. The largest absolute Gasteiger partial charge is 0.326 e. The van der Waals surface area contributed by atoms with Crippen LogP contribution >= 0.6 is 11.8 Å². The van der Waals surface area contributed by atoms with Gasteiger partial charge in [0, 0.05) is 22.3 Å². The average Bonchev–Trinajstić information content (AvgIpc) is 2.29. The van der Waals surface area contributed by atoms with Crippen LogP contribution in [0.3, 0.4) is 0 Å². The molecule has 88 valence electrons. The fraction of sp³-hybridized carbons (Fsp3) is 0.462. The zero-order valence-corrected chi connectivity index (χ0v) is 10.9. The summed E-state index contributed by atoms with van der Waals surface area (Å²) in [5.41, 5.74) is 0.889. The summed E-state index contributed by atoms with van der Waals surface area (Å²) in [6.07, 6.45) is 1.67. The Labute approximate surface area is 102 Å². The Balaban J connectivity index is 2.67. The minimum atomic E-state index is 0.0608. The molecule has 1 N–H and O–H groups in total. The summed E-state index contributed by atoms with van der Waals surface area (Å²) in [4.78, 5) is 12.5. The monoisotopic (exact) mass is 237 g/mol. The second-order valence-electron chi connectivity index (χ2n) is 3.77. The molecule has 0 spiro atoms. The van der Waals surface area contributed by atoms with E-state index in [1.165, 1.54) is 4.90 Å². The summed E-state index contributed by atoms with van der Waals surface area (Å²) in [6.45, 7) is 6.25. The first-order chi connectivity index (χ1) is 7.65. The summed E-state index contributed by atoms with van der Waals surface area (Å²) in [5, 5.41) is 3.48. The van der Waals surface area contributed by atoms with Gasteiger partial charge in [0.15, 0.2) is 0 Å². The van der Waals surface area contributed by atoms with E-state index < -0.39 is 0 Å². The number of nitrogens with one attached hydrogen (secondary N) is 1. The second-order valence-corrected chi connectivity index (χ2v) is 5.28. The number of carbonyl (C=O) groups is 1. The topological polar surface area (TPSA) is 29.1 Å². The maximum Gasteiger partial charge on any atom is 0.224 e. The summed E-state index contributed by atoms with van der Waals surface area (Å²) in [5.74, 6) is 0.0608. The Morgan fingerprint density at radius 2 is 2.19 bits per heavy atom. The summed E-state index contributed by atoms with van der Waals surface area (Å²) in [7, 11) is 0. The predicted molar refractivity (Wildman–Crippen MR) is 71.0 cm³/mol. The molecule has 0 bridgehead atoms. The number of hydrogen-bond acceptors (Lipinski definition) is 2. The third-order valence-electron chi connectivity index (χ3n) is 2.35. The molecule has 0 aliphatic rings. The van der Waals surface area contributed by atoms with Crippen molar-refractivity contribution in [1.29, 1.82) is 0 Å². The highest BCUT2D eigenvalue weighted by atomic mass is 32.2. The average molecular weight is 237 g/mol. The molecule has 0 radical (unpaired) electrons. The van der Waals surface area contributed by atoms with E-state index >= 15 is 0 Å². The lowest BCUT2D eigenvalue weighted by molar-refractivity contribution is -0.115. The van der Waals surface area contributed by atoms with Crippen LogP contribution in [-0.4, -0.2) is 11.2 Å². The van der Waals surface area contributed by atoms with E-state index in [-0.39, 0.29) is 5.91 Å². The first kappa shape index (κ1) is 13.1. The Morgan fingerprint density at radius 1 is 1.44 bits per heavy atom. The molecule has 0 aliphatic carbocycles. The van der Waals surface area contributed by atoms with E-state index in [1.54, 1.807) is 0 Å². The molecule has 3 heteroatoms. The van der Waals surface area contributed by atoms with Crippen LogP contribution in [0.4, 0.5) is 5.69 Å². The van der Waals surface area contributed by atoms with E-state index in [1.807, 2.05) is 36.9 Å². The van der Waals surface area contributed by atoms with E-state index in [0.29, 0.717) is 11.7 Å². The Bertz CT molecular complexity index is 352. The van der Waals surface area contributed by atoms with E-state index in [0.717, 1.165) is 12.1 Å². The standard InChI is InChI=1S/C13H19NOS/c1-4-10(3)16-12-8-6-7-11(9-12)14-13(15)5-2/h6-10H,4-5H2,1-3H3,(H,14,15). The van der Waals surface area contributed by atoms with Crippen molar-refractivity contribution in [1.82, 2.24) is 0 Å². The number of amides is 1. The Morgan fingerprint density at radius 3 is 2.81 bits per heavy atom. The van der Waals surface area contributed by atoms with Crippen LogP contribution in [0.2, 0.25) is 0 Å². The van der Waals surface area contributed by atoms with Crippen molar-refractivity contribution >= 4 is 23.4 Å². The smallest absolute Gasteiger partial charge is 0.224 e. The molecule has 2 nitrogen and oxygen atoms in total. The van der Waals surface area contributed by atoms with Crippen molar-refractivity contribution in [3.63, 3.8) is 0 Å². The first-order valence-electron chi connectivity index (χ1n) is 5.72. The molecule has 0 aliphatic heterocycles. The van der Waals surface area contributed by atoms with E-state index in [2.05, 4.69) is 25.2 Å². The first-order valence-corrected chi connectivity index (χ1v) is 6.60. The van der Waals surface area contributed by atoms with Crippen molar-refractivity contribution in [2.24, 2.45) is 0 Å². The molecular weight excluding hydrogens is 218 g/mol. The number of thioether (sulfide) groups is 1. The molecule has 16 heavy (non-hydrogen) atoms. The van der Waals surface area contributed by atoms with Gasteiger partial charge in [-0.1, -0.05) is 26.8 Å². The van der Waals surface area contributed by atoms with Crippen molar-refractivity contribution in [2.75, 3.05) is 5.32 Å². The van der Waals surface area contributed by atoms with Gasteiger partial charge in [-0.3, -0.25) is 4.79 Å². The van der Waals surface area contributed by atoms with Gasteiger partial charge in [-0.15, -0.1) is 11.8 Å². The predicted octanol–water partition coefficient (Wildman–Crippen LogP) is 3.93. The van der Waals surface area contributed by atoms with Gasteiger partial charge in [0.05, 0.1) is 0 Å². The molecule has 1 atom stereocenters. The zero-order valence-electron chi connectivity index (χ0n) is 10.1. The van der Waals surface area contributed by atoms with Gasteiger partial charge in [-0.25, -0.2) is 0 Å². The van der Waals surface area contributed by atoms with Gasteiger partial charge in [0.2, 0.25) is 5.91 Å². The van der Waals surface area contributed by atoms with Crippen LogP contribution in [0.15, 0.2) is 29.2 Å². The van der Waals surface area contributed by atoms with Crippen LogP contribution in [0, 0.1) is 0 Å². The Hall–Kier alpha value is -0.960. The molecular formula is C13H19NOS. The molecule has 0 heterocycles. The molecule has 1 aromatic rings. The van der Waals surface area contributed by atoms with Crippen molar-refractivity contribution in [3.05, 3.63) is 24.3 Å². The van der Waals surface area contributed by atoms with Crippen LogP contribution in [-0.2, 0) is 4.79 Å². The fourth-order valence-electron chi connectivity index (χ4n) is 1.21. The molecule has 0 fully saturated rings. The SMILES string of the molecule is CCC(=O)Nc1cccc(SC(C)CC)c1. The molecule has 1 rings (SSSR count). The van der Waals surface area contributed by atoms with Crippen molar-refractivity contribution in [3.8, 4) is 0 Å². The molecule has 1 aromatic carbocycles. The van der Waals surface area contributed by atoms with Crippen LogP contribution < -0.4 is 5.32 Å². The van der Waals surface area contributed by atoms with Gasteiger partial charge < -0.3 is 5.32 Å².